The maximum absolute atomic E-state index is 5.92. The Bertz CT molecular complexity index is 550. The van der Waals surface area contributed by atoms with E-state index in [0.717, 1.165) is 11.1 Å². The third-order valence-electron chi connectivity index (χ3n) is 3.12. The van der Waals surface area contributed by atoms with Crippen LogP contribution in [0.25, 0.3) is 0 Å². The quantitative estimate of drug-likeness (QED) is 0.657. The fourth-order valence-electron chi connectivity index (χ4n) is 2.17. The van der Waals surface area contributed by atoms with Gasteiger partial charge in [-0.15, -0.1) is 0 Å². The minimum atomic E-state index is -0.252. The van der Waals surface area contributed by atoms with Gasteiger partial charge in [-0.1, -0.05) is 29.8 Å². The predicted molar refractivity (Wildman–Crippen MR) is 80.2 cm³/mol. The highest BCUT2D eigenvalue weighted by Crippen LogP contribution is 2.37. The zero-order valence-corrected chi connectivity index (χ0v) is 12.1. The van der Waals surface area contributed by atoms with Gasteiger partial charge in [-0.3, -0.25) is 5.84 Å². The molecule has 2 aromatic rings. The van der Waals surface area contributed by atoms with E-state index < -0.39 is 0 Å². The summed E-state index contributed by atoms with van der Waals surface area (Å²) in [6, 6.07) is 12.8. The maximum Gasteiger partial charge on any atom is 0.127 e. The number of rotatable bonds is 5. The van der Waals surface area contributed by atoms with E-state index in [9.17, 15) is 0 Å². The molecule has 0 fully saturated rings. The number of halogens is 1. The molecule has 1 unspecified atom stereocenters. The van der Waals surface area contributed by atoms with Gasteiger partial charge < -0.3 is 9.47 Å². The average molecular weight is 293 g/mol. The molecular formula is C15H17ClN2O2. The van der Waals surface area contributed by atoms with Crippen molar-refractivity contribution in [3.05, 3.63) is 58.6 Å². The summed E-state index contributed by atoms with van der Waals surface area (Å²) in [7, 11) is 3.24. The Labute approximate surface area is 123 Å². The number of methoxy groups -OCH3 is 2. The zero-order chi connectivity index (χ0) is 14.5. The Morgan fingerprint density at radius 2 is 1.55 bits per heavy atom. The second kappa shape index (κ2) is 6.61. The van der Waals surface area contributed by atoms with Crippen LogP contribution < -0.4 is 20.7 Å². The molecule has 2 aromatic carbocycles. The SMILES string of the molecule is COc1cccc(OC)c1C(NN)c1ccc(Cl)cc1. The van der Waals surface area contributed by atoms with Crippen molar-refractivity contribution in [2.75, 3.05) is 14.2 Å². The summed E-state index contributed by atoms with van der Waals surface area (Å²) in [5.41, 5.74) is 4.62. The number of nitrogens with one attached hydrogen (secondary N) is 1. The topological polar surface area (TPSA) is 56.5 Å². The molecule has 2 rings (SSSR count). The van der Waals surface area contributed by atoms with Crippen molar-refractivity contribution in [2.45, 2.75) is 6.04 Å². The van der Waals surface area contributed by atoms with Gasteiger partial charge in [0.2, 0.25) is 0 Å². The first-order valence-electron chi connectivity index (χ1n) is 6.13. The molecule has 1 atom stereocenters. The van der Waals surface area contributed by atoms with E-state index in [4.69, 9.17) is 26.9 Å². The van der Waals surface area contributed by atoms with Crippen molar-refractivity contribution < 1.29 is 9.47 Å². The molecule has 106 valence electrons. The van der Waals surface area contributed by atoms with Crippen LogP contribution in [0.5, 0.6) is 11.5 Å². The van der Waals surface area contributed by atoms with Crippen molar-refractivity contribution in [3.8, 4) is 11.5 Å². The highest BCUT2D eigenvalue weighted by molar-refractivity contribution is 6.30. The molecule has 0 heterocycles. The Morgan fingerprint density at radius 1 is 1.00 bits per heavy atom. The van der Waals surface area contributed by atoms with Crippen LogP contribution in [-0.2, 0) is 0 Å². The molecule has 5 heteroatoms. The average Bonchev–Trinajstić information content (AvgIpc) is 2.49. The Kier molecular flexibility index (Phi) is 4.84. The summed E-state index contributed by atoms with van der Waals surface area (Å²) in [4.78, 5) is 0. The van der Waals surface area contributed by atoms with Gasteiger partial charge in [0.15, 0.2) is 0 Å². The summed E-state index contributed by atoms with van der Waals surface area (Å²) in [6.45, 7) is 0. The van der Waals surface area contributed by atoms with Crippen LogP contribution in [0.4, 0.5) is 0 Å². The monoisotopic (exact) mass is 292 g/mol. The molecule has 0 saturated heterocycles. The molecule has 20 heavy (non-hydrogen) atoms. The van der Waals surface area contributed by atoms with Crippen LogP contribution in [0.1, 0.15) is 17.2 Å². The van der Waals surface area contributed by atoms with Gasteiger partial charge in [-0.05, 0) is 29.8 Å². The zero-order valence-electron chi connectivity index (χ0n) is 11.4. The highest BCUT2D eigenvalue weighted by Gasteiger charge is 2.21. The standard InChI is InChI=1S/C15H17ClN2O2/c1-19-12-4-3-5-13(20-2)14(12)15(18-17)10-6-8-11(16)9-7-10/h3-9,15,18H,17H2,1-2H3. The lowest BCUT2D eigenvalue weighted by Crippen LogP contribution is -2.29. The van der Waals surface area contributed by atoms with Gasteiger partial charge in [0.25, 0.3) is 0 Å². The van der Waals surface area contributed by atoms with Crippen molar-refractivity contribution in [1.82, 2.24) is 5.43 Å². The lowest BCUT2D eigenvalue weighted by molar-refractivity contribution is 0.377. The number of benzene rings is 2. The van der Waals surface area contributed by atoms with Crippen LogP contribution in [-0.4, -0.2) is 14.2 Å². The minimum absolute atomic E-state index is 0.252. The molecule has 3 N–H and O–H groups in total. The van der Waals surface area contributed by atoms with Gasteiger partial charge in [0.1, 0.15) is 11.5 Å². The minimum Gasteiger partial charge on any atom is -0.496 e. The van der Waals surface area contributed by atoms with Crippen molar-refractivity contribution >= 4 is 11.6 Å². The Morgan fingerprint density at radius 3 is 2.00 bits per heavy atom. The fraction of sp³-hybridized carbons (Fsp3) is 0.200. The Balaban J connectivity index is 2.53. The third kappa shape index (κ3) is 2.88. The van der Waals surface area contributed by atoms with E-state index in [1.807, 2.05) is 42.5 Å². The lowest BCUT2D eigenvalue weighted by Gasteiger charge is -2.22. The van der Waals surface area contributed by atoms with Crippen molar-refractivity contribution in [1.29, 1.82) is 0 Å². The van der Waals surface area contributed by atoms with E-state index in [2.05, 4.69) is 5.43 Å². The lowest BCUT2D eigenvalue weighted by atomic mass is 9.97. The van der Waals surface area contributed by atoms with E-state index in [1.54, 1.807) is 14.2 Å². The molecule has 0 aliphatic heterocycles. The fourth-order valence-corrected chi connectivity index (χ4v) is 2.29. The van der Waals surface area contributed by atoms with Gasteiger partial charge in [0.05, 0.1) is 25.8 Å². The summed E-state index contributed by atoms with van der Waals surface area (Å²) in [5.74, 6) is 7.15. The largest absolute Gasteiger partial charge is 0.496 e. The van der Waals surface area contributed by atoms with Gasteiger partial charge in [0, 0.05) is 5.02 Å². The highest BCUT2D eigenvalue weighted by atomic mass is 35.5. The second-order valence-corrected chi connectivity index (χ2v) is 4.66. The van der Waals surface area contributed by atoms with Crippen LogP contribution in [0, 0.1) is 0 Å². The smallest absolute Gasteiger partial charge is 0.127 e. The molecular weight excluding hydrogens is 276 g/mol. The maximum atomic E-state index is 5.92. The first kappa shape index (κ1) is 14.7. The van der Waals surface area contributed by atoms with Crippen LogP contribution in [0.2, 0.25) is 5.02 Å². The van der Waals surface area contributed by atoms with Crippen LogP contribution in [0.3, 0.4) is 0 Å². The first-order chi connectivity index (χ1) is 9.71. The molecule has 0 aliphatic carbocycles. The molecule has 4 nitrogen and oxygen atoms in total. The number of hydrazine groups is 1. The molecule has 0 saturated carbocycles. The molecule has 0 aromatic heterocycles. The number of hydrogen-bond donors (Lipinski definition) is 2. The predicted octanol–water partition coefficient (Wildman–Crippen LogP) is 2.91. The van der Waals surface area contributed by atoms with Gasteiger partial charge in [-0.2, -0.15) is 0 Å². The van der Waals surface area contributed by atoms with Crippen LogP contribution in [0.15, 0.2) is 42.5 Å². The normalized spacial score (nSPS) is 12.0. The van der Waals surface area contributed by atoms with E-state index in [-0.39, 0.29) is 6.04 Å². The third-order valence-corrected chi connectivity index (χ3v) is 3.38. The number of nitrogens with two attached hydrogens (primary N) is 1. The van der Waals surface area contributed by atoms with E-state index in [0.29, 0.717) is 16.5 Å². The Hall–Kier alpha value is -1.75. The molecule has 0 radical (unpaired) electrons. The molecule has 0 amide bonds. The summed E-state index contributed by atoms with van der Waals surface area (Å²) >= 11 is 5.92. The number of hydrogen-bond acceptors (Lipinski definition) is 4. The van der Waals surface area contributed by atoms with Crippen LogP contribution >= 0.6 is 11.6 Å². The van der Waals surface area contributed by atoms with E-state index in [1.165, 1.54) is 0 Å². The number of ether oxygens (including phenoxy) is 2. The van der Waals surface area contributed by atoms with E-state index >= 15 is 0 Å². The van der Waals surface area contributed by atoms with Gasteiger partial charge >= 0.3 is 0 Å². The van der Waals surface area contributed by atoms with Crippen molar-refractivity contribution in [3.63, 3.8) is 0 Å². The molecule has 0 spiro atoms. The summed E-state index contributed by atoms with van der Waals surface area (Å²) in [5, 5.41) is 0.677. The summed E-state index contributed by atoms with van der Waals surface area (Å²) in [6.07, 6.45) is 0. The summed E-state index contributed by atoms with van der Waals surface area (Å²) < 4.78 is 10.8. The van der Waals surface area contributed by atoms with Crippen molar-refractivity contribution in [2.24, 2.45) is 5.84 Å². The second-order valence-electron chi connectivity index (χ2n) is 4.23. The van der Waals surface area contributed by atoms with Gasteiger partial charge in [-0.25, -0.2) is 5.43 Å². The molecule has 0 aliphatic rings. The first-order valence-corrected chi connectivity index (χ1v) is 6.51. The molecule has 0 bridgehead atoms.